The number of hydrogen-bond acceptors (Lipinski definition) is 4. The molecule has 2 aromatic heterocycles. The summed E-state index contributed by atoms with van der Waals surface area (Å²) < 4.78 is 1.75. The molecule has 2 aromatic rings. The number of aromatic nitrogens is 3. The van der Waals surface area contributed by atoms with Gasteiger partial charge in [0.25, 0.3) is 0 Å². The van der Waals surface area contributed by atoms with Crippen molar-refractivity contribution in [3.05, 3.63) is 30.2 Å². The third-order valence-corrected chi connectivity index (χ3v) is 3.67. The van der Waals surface area contributed by atoms with Crippen molar-refractivity contribution in [3.63, 3.8) is 0 Å². The first kappa shape index (κ1) is 10.7. The van der Waals surface area contributed by atoms with E-state index in [4.69, 9.17) is 5.73 Å². The summed E-state index contributed by atoms with van der Waals surface area (Å²) in [5.41, 5.74) is 7.87. The van der Waals surface area contributed by atoms with Gasteiger partial charge < -0.3 is 10.8 Å². The van der Waals surface area contributed by atoms with E-state index in [9.17, 15) is 5.11 Å². The maximum absolute atomic E-state index is 9.54. The fourth-order valence-electron chi connectivity index (χ4n) is 2.47. The molecule has 90 valence electrons. The summed E-state index contributed by atoms with van der Waals surface area (Å²) in [4.78, 5) is 4.34. The van der Waals surface area contributed by atoms with Gasteiger partial charge in [0.05, 0.1) is 12.3 Å². The van der Waals surface area contributed by atoms with E-state index in [1.54, 1.807) is 10.7 Å². The zero-order valence-corrected chi connectivity index (χ0v) is 9.58. The zero-order chi connectivity index (χ0) is 11.9. The Morgan fingerprint density at radius 1 is 1.41 bits per heavy atom. The van der Waals surface area contributed by atoms with Gasteiger partial charge in [0, 0.05) is 29.6 Å². The van der Waals surface area contributed by atoms with Gasteiger partial charge in [0.2, 0.25) is 0 Å². The number of hydrogen-bond donors (Lipinski definition) is 2. The van der Waals surface area contributed by atoms with Crippen molar-refractivity contribution in [1.29, 1.82) is 0 Å². The Labute approximate surface area is 99.3 Å². The molecule has 1 aliphatic rings. The lowest BCUT2D eigenvalue weighted by Crippen LogP contribution is -2.41. The van der Waals surface area contributed by atoms with Crippen molar-refractivity contribution in [1.82, 2.24) is 14.6 Å². The topological polar surface area (TPSA) is 76.4 Å². The molecule has 0 saturated heterocycles. The van der Waals surface area contributed by atoms with Gasteiger partial charge in [0.15, 0.2) is 5.65 Å². The summed E-state index contributed by atoms with van der Waals surface area (Å²) in [5, 5.41) is 13.7. The fourth-order valence-corrected chi connectivity index (χ4v) is 2.47. The van der Waals surface area contributed by atoms with E-state index in [2.05, 4.69) is 10.1 Å². The standard InChI is InChI=1S/C12H16N4O/c13-12(4-1-10(17)2-5-12)9-7-14-11-3-6-15-16(11)8-9/h3,6-8,10,17H,1-2,4-5,13H2. The van der Waals surface area contributed by atoms with E-state index in [0.29, 0.717) is 0 Å². The maximum Gasteiger partial charge on any atom is 0.154 e. The normalized spacial score (nSPS) is 29.6. The smallest absolute Gasteiger partial charge is 0.154 e. The number of aliphatic hydroxyl groups is 1. The average molecular weight is 232 g/mol. The highest BCUT2D eigenvalue weighted by molar-refractivity contribution is 5.37. The second-order valence-electron chi connectivity index (χ2n) is 4.86. The molecule has 0 aliphatic heterocycles. The Balaban J connectivity index is 1.96. The fraction of sp³-hybridized carbons (Fsp3) is 0.500. The molecule has 5 heteroatoms. The average Bonchev–Trinajstić information content (AvgIpc) is 2.80. The molecule has 0 bridgehead atoms. The Morgan fingerprint density at radius 2 is 2.18 bits per heavy atom. The molecule has 0 atom stereocenters. The summed E-state index contributed by atoms with van der Waals surface area (Å²) in [6, 6.07) is 1.86. The van der Waals surface area contributed by atoms with Crippen molar-refractivity contribution in [2.24, 2.45) is 5.73 Å². The van der Waals surface area contributed by atoms with E-state index in [1.807, 2.05) is 18.5 Å². The summed E-state index contributed by atoms with van der Waals surface area (Å²) >= 11 is 0. The van der Waals surface area contributed by atoms with Gasteiger partial charge in [-0.2, -0.15) is 5.10 Å². The predicted molar refractivity (Wildman–Crippen MR) is 63.3 cm³/mol. The van der Waals surface area contributed by atoms with E-state index >= 15 is 0 Å². The lowest BCUT2D eigenvalue weighted by molar-refractivity contribution is 0.0966. The van der Waals surface area contributed by atoms with E-state index in [1.165, 1.54) is 0 Å². The lowest BCUT2D eigenvalue weighted by atomic mass is 9.77. The summed E-state index contributed by atoms with van der Waals surface area (Å²) in [7, 11) is 0. The zero-order valence-electron chi connectivity index (χ0n) is 9.58. The minimum Gasteiger partial charge on any atom is -0.393 e. The highest BCUT2D eigenvalue weighted by Gasteiger charge is 2.33. The Hall–Kier alpha value is -1.46. The number of rotatable bonds is 1. The third kappa shape index (κ3) is 1.81. The number of nitrogens with zero attached hydrogens (tertiary/aromatic N) is 3. The first-order valence-electron chi connectivity index (χ1n) is 5.94. The molecule has 5 nitrogen and oxygen atoms in total. The van der Waals surface area contributed by atoms with Gasteiger partial charge in [0.1, 0.15) is 0 Å². The Morgan fingerprint density at radius 3 is 2.94 bits per heavy atom. The molecule has 0 spiro atoms. The molecule has 0 unspecified atom stereocenters. The number of nitrogens with two attached hydrogens (primary N) is 1. The molecule has 3 rings (SSSR count). The molecule has 1 fully saturated rings. The van der Waals surface area contributed by atoms with Gasteiger partial charge >= 0.3 is 0 Å². The Kier molecular flexibility index (Phi) is 2.38. The molecule has 3 N–H and O–H groups in total. The molecular weight excluding hydrogens is 216 g/mol. The van der Waals surface area contributed by atoms with E-state index < -0.39 is 0 Å². The van der Waals surface area contributed by atoms with E-state index in [-0.39, 0.29) is 11.6 Å². The summed E-state index contributed by atoms with van der Waals surface area (Å²) in [6.45, 7) is 0. The minimum atomic E-state index is -0.369. The largest absolute Gasteiger partial charge is 0.393 e. The summed E-state index contributed by atoms with van der Waals surface area (Å²) in [5.74, 6) is 0. The molecule has 0 radical (unpaired) electrons. The highest BCUT2D eigenvalue weighted by Crippen LogP contribution is 2.34. The van der Waals surface area contributed by atoms with Gasteiger partial charge in [-0.3, -0.25) is 0 Å². The molecule has 1 saturated carbocycles. The maximum atomic E-state index is 9.54. The molecule has 0 aromatic carbocycles. The minimum absolute atomic E-state index is 0.201. The monoisotopic (exact) mass is 232 g/mol. The van der Waals surface area contributed by atoms with Gasteiger partial charge in [-0.05, 0) is 25.7 Å². The number of fused-ring (bicyclic) bond motifs is 1. The first-order valence-corrected chi connectivity index (χ1v) is 5.94. The molecule has 0 amide bonds. The molecular formula is C12H16N4O. The summed E-state index contributed by atoms with van der Waals surface area (Å²) in [6.07, 6.45) is 8.40. The van der Waals surface area contributed by atoms with Crippen LogP contribution in [0.1, 0.15) is 31.2 Å². The van der Waals surface area contributed by atoms with Crippen molar-refractivity contribution < 1.29 is 5.11 Å². The van der Waals surface area contributed by atoms with Crippen LogP contribution in [-0.2, 0) is 5.54 Å². The van der Waals surface area contributed by atoms with Crippen LogP contribution in [0.5, 0.6) is 0 Å². The van der Waals surface area contributed by atoms with Crippen molar-refractivity contribution >= 4 is 5.65 Å². The van der Waals surface area contributed by atoms with Crippen LogP contribution in [0, 0.1) is 0 Å². The highest BCUT2D eigenvalue weighted by atomic mass is 16.3. The quantitative estimate of drug-likeness (QED) is 0.763. The van der Waals surface area contributed by atoms with Crippen LogP contribution in [0.25, 0.3) is 5.65 Å². The van der Waals surface area contributed by atoms with Gasteiger partial charge in [-0.1, -0.05) is 0 Å². The molecule has 1 aliphatic carbocycles. The van der Waals surface area contributed by atoms with E-state index in [0.717, 1.165) is 36.9 Å². The van der Waals surface area contributed by atoms with Crippen LogP contribution in [0.15, 0.2) is 24.7 Å². The van der Waals surface area contributed by atoms with Crippen LogP contribution in [-0.4, -0.2) is 25.8 Å². The van der Waals surface area contributed by atoms with Crippen molar-refractivity contribution in [2.45, 2.75) is 37.3 Å². The second kappa shape index (κ2) is 3.78. The molecule has 17 heavy (non-hydrogen) atoms. The Bertz CT molecular complexity index is 528. The van der Waals surface area contributed by atoms with Crippen LogP contribution in [0.3, 0.4) is 0 Å². The number of aliphatic hydroxyl groups excluding tert-OH is 1. The molecule has 2 heterocycles. The first-order chi connectivity index (χ1) is 8.17. The van der Waals surface area contributed by atoms with Crippen molar-refractivity contribution in [3.8, 4) is 0 Å². The van der Waals surface area contributed by atoms with Crippen LogP contribution in [0.4, 0.5) is 0 Å². The van der Waals surface area contributed by atoms with Gasteiger partial charge in [-0.15, -0.1) is 0 Å². The van der Waals surface area contributed by atoms with Crippen molar-refractivity contribution in [2.75, 3.05) is 0 Å². The van der Waals surface area contributed by atoms with Gasteiger partial charge in [-0.25, -0.2) is 9.50 Å². The van der Waals surface area contributed by atoms with Crippen LogP contribution in [0.2, 0.25) is 0 Å². The SMILES string of the molecule is NC1(c2cnc3ccnn3c2)CCC(O)CC1. The van der Waals surface area contributed by atoms with Crippen LogP contribution < -0.4 is 5.73 Å². The lowest BCUT2D eigenvalue weighted by Gasteiger charge is -2.35. The third-order valence-electron chi connectivity index (χ3n) is 3.67. The predicted octanol–water partition coefficient (Wildman–Crippen LogP) is 0.818. The second-order valence-corrected chi connectivity index (χ2v) is 4.86. The van der Waals surface area contributed by atoms with Crippen LogP contribution >= 0.6 is 0 Å².